The molecule has 68 valence electrons. The van der Waals surface area contributed by atoms with Gasteiger partial charge in [-0.05, 0) is 12.0 Å². The van der Waals surface area contributed by atoms with E-state index in [4.69, 9.17) is 11.2 Å². The van der Waals surface area contributed by atoms with Gasteiger partial charge in [-0.3, -0.25) is 0 Å². The quantitative estimate of drug-likeness (QED) is 0.514. The van der Waals surface area contributed by atoms with E-state index in [1.165, 1.54) is 0 Å². The highest BCUT2D eigenvalue weighted by atomic mass is 16.5. The van der Waals surface area contributed by atoms with Gasteiger partial charge >= 0.3 is 6.01 Å². The van der Waals surface area contributed by atoms with Gasteiger partial charge in [0.1, 0.15) is 6.61 Å². The second-order valence-corrected chi connectivity index (χ2v) is 2.53. The SMILES string of the molecule is C#CCCOc1ncc(CC)cn1. The predicted molar refractivity (Wildman–Crippen MR) is 50.4 cm³/mol. The summed E-state index contributed by atoms with van der Waals surface area (Å²) in [5.74, 6) is 2.48. The first-order valence-corrected chi connectivity index (χ1v) is 4.24. The molecule has 0 atom stereocenters. The van der Waals surface area contributed by atoms with E-state index in [-0.39, 0.29) is 0 Å². The maximum atomic E-state index is 5.18. The van der Waals surface area contributed by atoms with E-state index in [0.717, 1.165) is 12.0 Å². The van der Waals surface area contributed by atoms with Gasteiger partial charge in [-0.2, -0.15) is 0 Å². The molecule has 1 rings (SSSR count). The summed E-state index contributed by atoms with van der Waals surface area (Å²) in [6.07, 6.45) is 10.1. The van der Waals surface area contributed by atoms with E-state index in [9.17, 15) is 0 Å². The van der Waals surface area contributed by atoms with E-state index < -0.39 is 0 Å². The molecule has 3 nitrogen and oxygen atoms in total. The smallest absolute Gasteiger partial charge is 0.316 e. The van der Waals surface area contributed by atoms with Gasteiger partial charge in [-0.15, -0.1) is 12.3 Å². The average molecular weight is 176 g/mol. The number of aryl methyl sites for hydroxylation is 1. The second-order valence-electron chi connectivity index (χ2n) is 2.53. The second kappa shape index (κ2) is 5.15. The molecular formula is C10H12N2O. The van der Waals surface area contributed by atoms with Crippen molar-refractivity contribution in [3.05, 3.63) is 18.0 Å². The van der Waals surface area contributed by atoms with Gasteiger partial charge in [0.15, 0.2) is 0 Å². The first-order chi connectivity index (χ1) is 6.36. The predicted octanol–water partition coefficient (Wildman–Crippen LogP) is 1.44. The van der Waals surface area contributed by atoms with Crippen molar-refractivity contribution < 1.29 is 4.74 Å². The summed E-state index contributed by atoms with van der Waals surface area (Å²) >= 11 is 0. The molecule has 3 heteroatoms. The van der Waals surface area contributed by atoms with Gasteiger partial charge in [0.2, 0.25) is 0 Å². The number of hydrogen-bond donors (Lipinski definition) is 0. The maximum Gasteiger partial charge on any atom is 0.316 e. The fourth-order valence-corrected chi connectivity index (χ4v) is 0.801. The molecule has 0 saturated carbocycles. The first-order valence-electron chi connectivity index (χ1n) is 4.24. The number of ether oxygens (including phenoxy) is 1. The van der Waals surface area contributed by atoms with Crippen molar-refractivity contribution in [1.29, 1.82) is 0 Å². The Morgan fingerprint density at radius 1 is 1.46 bits per heavy atom. The molecule has 13 heavy (non-hydrogen) atoms. The Bertz CT molecular complexity index is 287. The molecule has 1 aromatic heterocycles. The minimum Gasteiger partial charge on any atom is -0.462 e. The van der Waals surface area contributed by atoms with E-state index in [1.54, 1.807) is 12.4 Å². The van der Waals surface area contributed by atoms with Crippen LogP contribution in [-0.4, -0.2) is 16.6 Å². The van der Waals surface area contributed by atoms with Crippen LogP contribution < -0.4 is 4.74 Å². The molecular weight excluding hydrogens is 164 g/mol. The van der Waals surface area contributed by atoms with Crippen LogP contribution >= 0.6 is 0 Å². The van der Waals surface area contributed by atoms with Crippen molar-refractivity contribution in [3.63, 3.8) is 0 Å². The summed E-state index contributed by atoms with van der Waals surface area (Å²) < 4.78 is 5.18. The molecule has 0 radical (unpaired) electrons. The number of aromatic nitrogens is 2. The van der Waals surface area contributed by atoms with Gasteiger partial charge < -0.3 is 4.74 Å². The third-order valence-electron chi connectivity index (χ3n) is 1.57. The lowest BCUT2D eigenvalue weighted by Gasteiger charge is -2.01. The normalized spacial score (nSPS) is 9.23. The molecule has 0 aliphatic heterocycles. The highest BCUT2D eigenvalue weighted by Gasteiger charge is 1.95. The van der Waals surface area contributed by atoms with Crippen LogP contribution in [0, 0.1) is 12.3 Å². The lowest BCUT2D eigenvalue weighted by molar-refractivity contribution is 0.300. The Morgan fingerprint density at radius 2 is 2.15 bits per heavy atom. The van der Waals surface area contributed by atoms with Gasteiger partial charge in [0, 0.05) is 18.8 Å². The fourth-order valence-electron chi connectivity index (χ4n) is 0.801. The topological polar surface area (TPSA) is 35.0 Å². The van der Waals surface area contributed by atoms with E-state index in [0.29, 0.717) is 19.0 Å². The molecule has 0 bridgehead atoms. The molecule has 0 N–H and O–H groups in total. The molecule has 0 unspecified atom stereocenters. The van der Waals surface area contributed by atoms with Crippen LogP contribution in [0.3, 0.4) is 0 Å². The van der Waals surface area contributed by atoms with Crippen LogP contribution in [0.15, 0.2) is 12.4 Å². The summed E-state index contributed by atoms with van der Waals surface area (Å²) in [6.45, 7) is 2.53. The van der Waals surface area contributed by atoms with E-state index >= 15 is 0 Å². The van der Waals surface area contributed by atoms with Gasteiger partial charge in [-0.25, -0.2) is 9.97 Å². The van der Waals surface area contributed by atoms with Gasteiger partial charge in [-0.1, -0.05) is 6.92 Å². The largest absolute Gasteiger partial charge is 0.462 e. The van der Waals surface area contributed by atoms with Crippen molar-refractivity contribution in [2.75, 3.05) is 6.61 Å². The zero-order valence-electron chi connectivity index (χ0n) is 7.66. The Balaban J connectivity index is 2.45. The molecule has 1 aromatic rings. The van der Waals surface area contributed by atoms with E-state index in [1.807, 2.05) is 0 Å². The lowest BCUT2D eigenvalue weighted by atomic mass is 10.3. The molecule has 0 aromatic carbocycles. The van der Waals surface area contributed by atoms with Gasteiger partial charge in [0.25, 0.3) is 0 Å². The average Bonchev–Trinajstić information content (AvgIpc) is 2.19. The third-order valence-corrected chi connectivity index (χ3v) is 1.57. The highest BCUT2D eigenvalue weighted by molar-refractivity contribution is 5.06. The minimum atomic E-state index is 0.396. The lowest BCUT2D eigenvalue weighted by Crippen LogP contribution is -2.00. The summed E-state index contributed by atoms with van der Waals surface area (Å²) in [6, 6.07) is 0.396. The fraction of sp³-hybridized carbons (Fsp3) is 0.400. The van der Waals surface area contributed by atoms with Crippen molar-refractivity contribution in [2.45, 2.75) is 19.8 Å². The Labute approximate surface area is 78.2 Å². The molecule has 0 amide bonds. The van der Waals surface area contributed by atoms with Crippen LogP contribution in [0.4, 0.5) is 0 Å². The van der Waals surface area contributed by atoms with Crippen LogP contribution in [0.2, 0.25) is 0 Å². The highest BCUT2D eigenvalue weighted by Crippen LogP contribution is 2.02. The standard InChI is InChI=1S/C10H12N2O/c1-3-5-6-13-10-11-7-9(4-2)8-12-10/h1,7-8H,4-6H2,2H3. The zero-order valence-corrected chi connectivity index (χ0v) is 7.66. The first kappa shape index (κ1) is 9.53. The van der Waals surface area contributed by atoms with E-state index in [2.05, 4.69) is 22.8 Å². The van der Waals surface area contributed by atoms with Crippen LogP contribution in [-0.2, 0) is 6.42 Å². The van der Waals surface area contributed by atoms with Crippen LogP contribution in [0.5, 0.6) is 6.01 Å². The Morgan fingerprint density at radius 3 is 2.69 bits per heavy atom. The van der Waals surface area contributed by atoms with Crippen molar-refractivity contribution in [2.24, 2.45) is 0 Å². The van der Waals surface area contributed by atoms with Gasteiger partial charge in [0.05, 0.1) is 0 Å². The molecule has 0 aliphatic carbocycles. The molecule has 0 spiro atoms. The monoisotopic (exact) mass is 176 g/mol. The summed E-state index contributed by atoms with van der Waals surface area (Å²) in [5, 5.41) is 0. The maximum absolute atomic E-state index is 5.18. The summed E-state index contributed by atoms with van der Waals surface area (Å²) in [5.41, 5.74) is 1.10. The molecule has 0 fully saturated rings. The molecule has 0 aliphatic rings. The zero-order chi connectivity index (χ0) is 9.52. The Kier molecular flexibility index (Phi) is 3.77. The third kappa shape index (κ3) is 3.12. The number of terminal acetylenes is 1. The number of nitrogens with zero attached hydrogens (tertiary/aromatic N) is 2. The summed E-state index contributed by atoms with van der Waals surface area (Å²) in [4.78, 5) is 8.04. The Hall–Kier alpha value is -1.56. The summed E-state index contributed by atoms with van der Waals surface area (Å²) in [7, 11) is 0. The number of hydrogen-bond acceptors (Lipinski definition) is 3. The number of rotatable bonds is 4. The molecule has 0 saturated heterocycles. The van der Waals surface area contributed by atoms with Crippen molar-refractivity contribution in [3.8, 4) is 18.4 Å². The van der Waals surface area contributed by atoms with Crippen molar-refractivity contribution >= 4 is 0 Å². The van der Waals surface area contributed by atoms with Crippen LogP contribution in [0.25, 0.3) is 0 Å². The van der Waals surface area contributed by atoms with Crippen molar-refractivity contribution in [1.82, 2.24) is 9.97 Å². The van der Waals surface area contributed by atoms with Crippen LogP contribution in [0.1, 0.15) is 18.9 Å². The molecule has 1 heterocycles. The minimum absolute atomic E-state index is 0.396.